The molecule has 2 amide bonds. The van der Waals surface area contributed by atoms with E-state index in [0.717, 1.165) is 0 Å². The van der Waals surface area contributed by atoms with Crippen LogP contribution in [0.15, 0.2) is 0 Å². The summed E-state index contributed by atoms with van der Waals surface area (Å²) in [6.45, 7) is 7.11. The Morgan fingerprint density at radius 2 is 1.68 bits per heavy atom. The lowest BCUT2D eigenvalue weighted by Crippen LogP contribution is -2.54. The van der Waals surface area contributed by atoms with E-state index < -0.39 is 0 Å². The van der Waals surface area contributed by atoms with Crippen molar-refractivity contribution >= 4 is 11.8 Å². The molecule has 2 aliphatic heterocycles. The highest BCUT2D eigenvalue weighted by atomic mass is 16.5. The minimum Gasteiger partial charge on any atom is -0.379 e. The van der Waals surface area contributed by atoms with Gasteiger partial charge >= 0.3 is 0 Å². The highest BCUT2D eigenvalue weighted by molar-refractivity contribution is 5.81. The van der Waals surface area contributed by atoms with Gasteiger partial charge in [0.1, 0.15) is 0 Å². The number of rotatable bonds is 2. The molecule has 0 aliphatic carbocycles. The zero-order valence-corrected chi connectivity index (χ0v) is 11.7. The highest BCUT2D eigenvalue weighted by Gasteiger charge is 2.35. The smallest absolute Gasteiger partial charge is 0.229 e. The van der Waals surface area contributed by atoms with Gasteiger partial charge in [0.05, 0.1) is 19.1 Å². The molecule has 0 bridgehead atoms. The van der Waals surface area contributed by atoms with Crippen LogP contribution in [0.3, 0.4) is 0 Å². The summed E-state index contributed by atoms with van der Waals surface area (Å²) in [5.41, 5.74) is 5.86. The summed E-state index contributed by atoms with van der Waals surface area (Å²) in [6, 6.07) is -0.192. The van der Waals surface area contributed by atoms with Gasteiger partial charge in [0, 0.05) is 38.1 Å². The van der Waals surface area contributed by atoms with Gasteiger partial charge in [0.15, 0.2) is 0 Å². The normalized spacial score (nSPS) is 28.0. The van der Waals surface area contributed by atoms with Crippen LogP contribution >= 0.6 is 0 Å². The van der Waals surface area contributed by atoms with E-state index in [1.54, 1.807) is 0 Å². The Bertz CT molecular complexity index is 351. The number of ether oxygens (including phenoxy) is 1. The van der Waals surface area contributed by atoms with E-state index >= 15 is 0 Å². The van der Waals surface area contributed by atoms with E-state index in [1.165, 1.54) is 0 Å². The predicted octanol–water partition coefficient (Wildman–Crippen LogP) is -0.713. The number of nitrogens with zero attached hydrogens (tertiary/aromatic N) is 2. The predicted molar refractivity (Wildman–Crippen MR) is 70.3 cm³/mol. The molecular formula is C13H23N3O3. The van der Waals surface area contributed by atoms with Crippen molar-refractivity contribution in [2.45, 2.75) is 19.9 Å². The first-order chi connectivity index (χ1) is 9.00. The number of carbonyl (C=O) groups is 2. The van der Waals surface area contributed by atoms with Crippen LogP contribution in [0.2, 0.25) is 0 Å². The lowest BCUT2D eigenvalue weighted by Gasteiger charge is -2.37. The Labute approximate surface area is 113 Å². The Balaban J connectivity index is 1.86. The van der Waals surface area contributed by atoms with Crippen LogP contribution in [-0.4, -0.2) is 67.0 Å². The van der Waals surface area contributed by atoms with Gasteiger partial charge in [-0.15, -0.1) is 0 Å². The first-order valence-electron chi connectivity index (χ1n) is 6.91. The van der Waals surface area contributed by atoms with Gasteiger partial charge in [-0.1, -0.05) is 13.8 Å². The molecule has 2 atom stereocenters. The second-order valence-corrected chi connectivity index (χ2v) is 5.61. The molecule has 0 spiro atoms. The maximum absolute atomic E-state index is 12.3. The number of nitrogens with two attached hydrogens (primary N) is 1. The van der Waals surface area contributed by atoms with Crippen LogP contribution in [0.25, 0.3) is 0 Å². The summed E-state index contributed by atoms with van der Waals surface area (Å²) in [6.07, 6.45) is 0. The van der Waals surface area contributed by atoms with Crippen molar-refractivity contribution in [3.8, 4) is 0 Å². The largest absolute Gasteiger partial charge is 0.379 e. The molecule has 108 valence electrons. The number of carbonyl (C=O) groups excluding carboxylic acids is 2. The topological polar surface area (TPSA) is 75.9 Å². The molecule has 2 aliphatic rings. The van der Waals surface area contributed by atoms with Gasteiger partial charge in [0.2, 0.25) is 11.8 Å². The third kappa shape index (κ3) is 3.06. The van der Waals surface area contributed by atoms with E-state index in [9.17, 15) is 9.59 Å². The third-order valence-corrected chi connectivity index (χ3v) is 3.84. The van der Waals surface area contributed by atoms with Crippen molar-refractivity contribution in [3.05, 3.63) is 0 Å². The van der Waals surface area contributed by atoms with Crippen LogP contribution in [0.5, 0.6) is 0 Å². The molecule has 0 aromatic heterocycles. The highest BCUT2D eigenvalue weighted by Crippen LogP contribution is 2.16. The van der Waals surface area contributed by atoms with Gasteiger partial charge in [0.25, 0.3) is 0 Å². The molecular weight excluding hydrogens is 246 g/mol. The fourth-order valence-electron chi connectivity index (χ4n) is 2.57. The van der Waals surface area contributed by atoms with Crippen LogP contribution in [0.1, 0.15) is 13.8 Å². The Hall–Kier alpha value is -1.14. The van der Waals surface area contributed by atoms with Crippen molar-refractivity contribution in [2.75, 3.05) is 39.4 Å². The standard InChI is InChI=1S/C13H23N3O3/c1-9(2)12(17)15-3-5-16(6-4-15)13(18)10-7-19-8-11(10)14/h9-11H,3-8,14H2,1-2H3. The average molecular weight is 269 g/mol. The van der Waals surface area contributed by atoms with Crippen LogP contribution in [-0.2, 0) is 14.3 Å². The molecule has 2 unspecified atom stereocenters. The van der Waals surface area contributed by atoms with Gasteiger partial charge in [-0.3, -0.25) is 9.59 Å². The van der Waals surface area contributed by atoms with Gasteiger partial charge < -0.3 is 20.3 Å². The van der Waals surface area contributed by atoms with E-state index in [4.69, 9.17) is 10.5 Å². The van der Waals surface area contributed by atoms with E-state index in [1.807, 2.05) is 23.6 Å². The van der Waals surface area contributed by atoms with E-state index in [-0.39, 0.29) is 29.7 Å². The molecule has 0 radical (unpaired) electrons. The Morgan fingerprint density at radius 1 is 1.11 bits per heavy atom. The van der Waals surface area contributed by atoms with Crippen molar-refractivity contribution in [1.82, 2.24) is 9.80 Å². The Morgan fingerprint density at radius 3 is 2.16 bits per heavy atom. The average Bonchev–Trinajstić information content (AvgIpc) is 2.83. The van der Waals surface area contributed by atoms with Crippen molar-refractivity contribution in [3.63, 3.8) is 0 Å². The monoisotopic (exact) mass is 269 g/mol. The van der Waals surface area contributed by atoms with Gasteiger partial charge in [-0.25, -0.2) is 0 Å². The van der Waals surface area contributed by atoms with Crippen molar-refractivity contribution in [1.29, 1.82) is 0 Å². The Kier molecular flexibility index (Phi) is 4.42. The lowest BCUT2D eigenvalue weighted by atomic mass is 10.0. The second-order valence-electron chi connectivity index (χ2n) is 5.61. The molecule has 6 nitrogen and oxygen atoms in total. The SMILES string of the molecule is CC(C)C(=O)N1CCN(C(=O)C2COCC2N)CC1. The van der Waals surface area contributed by atoms with Crippen LogP contribution < -0.4 is 5.73 Å². The van der Waals surface area contributed by atoms with Crippen molar-refractivity contribution in [2.24, 2.45) is 17.6 Å². The zero-order chi connectivity index (χ0) is 14.0. The number of piperazine rings is 1. The first-order valence-corrected chi connectivity index (χ1v) is 6.91. The van der Waals surface area contributed by atoms with E-state index in [2.05, 4.69) is 0 Å². The quantitative estimate of drug-likeness (QED) is 0.718. The summed E-state index contributed by atoms with van der Waals surface area (Å²) in [4.78, 5) is 27.8. The summed E-state index contributed by atoms with van der Waals surface area (Å²) in [7, 11) is 0. The van der Waals surface area contributed by atoms with Crippen LogP contribution in [0.4, 0.5) is 0 Å². The maximum Gasteiger partial charge on any atom is 0.229 e. The molecule has 19 heavy (non-hydrogen) atoms. The second kappa shape index (κ2) is 5.88. The molecule has 0 aromatic carbocycles. The summed E-state index contributed by atoms with van der Waals surface area (Å²) in [5.74, 6) is 0.0286. The fourth-order valence-corrected chi connectivity index (χ4v) is 2.57. The number of hydrogen-bond donors (Lipinski definition) is 1. The lowest BCUT2D eigenvalue weighted by molar-refractivity contribution is -0.143. The maximum atomic E-state index is 12.3. The van der Waals surface area contributed by atoms with Gasteiger partial charge in [-0.2, -0.15) is 0 Å². The number of hydrogen-bond acceptors (Lipinski definition) is 4. The zero-order valence-electron chi connectivity index (χ0n) is 11.7. The van der Waals surface area contributed by atoms with Crippen molar-refractivity contribution < 1.29 is 14.3 Å². The van der Waals surface area contributed by atoms with Gasteiger partial charge in [-0.05, 0) is 0 Å². The summed E-state index contributed by atoms with van der Waals surface area (Å²) >= 11 is 0. The minimum absolute atomic E-state index is 0.0129. The van der Waals surface area contributed by atoms with Crippen LogP contribution in [0, 0.1) is 11.8 Å². The molecule has 2 fully saturated rings. The molecule has 2 N–H and O–H groups in total. The molecule has 0 aromatic rings. The third-order valence-electron chi connectivity index (χ3n) is 3.84. The summed E-state index contributed by atoms with van der Waals surface area (Å²) in [5, 5.41) is 0. The number of amides is 2. The minimum atomic E-state index is -0.215. The molecule has 0 saturated carbocycles. The van der Waals surface area contributed by atoms with E-state index in [0.29, 0.717) is 39.4 Å². The molecule has 6 heteroatoms. The molecule has 2 rings (SSSR count). The summed E-state index contributed by atoms with van der Waals surface area (Å²) < 4.78 is 5.24. The molecule has 2 saturated heterocycles. The fraction of sp³-hybridized carbons (Fsp3) is 0.846. The first kappa shape index (κ1) is 14.3. The molecule has 2 heterocycles.